The molecule has 15 heteroatoms. The van der Waals surface area contributed by atoms with Crippen LogP contribution in [-0.2, 0) is 23.8 Å². The summed E-state index contributed by atoms with van der Waals surface area (Å²) in [6.07, 6.45) is -0.0957. The molecular formula is C28H42N6O8S. The lowest BCUT2D eigenvalue weighted by Gasteiger charge is -2.39. The maximum absolute atomic E-state index is 13.1. The number of rotatable bonds is 13. The maximum Gasteiger partial charge on any atom is 0.410 e. The molecule has 0 bridgehead atoms. The summed E-state index contributed by atoms with van der Waals surface area (Å²) in [5.41, 5.74) is 4.94. The van der Waals surface area contributed by atoms with Crippen molar-refractivity contribution < 1.29 is 38.2 Å². The molecule has 1 aromatic rings. The van der Waals surface area contributed by atoms with E-state index in [0.717, 1.165) is 4.90 Å². The molecule has 0 aliphatic carbocycles. The zero-order valence-corrected chi connectivity index (χ0v) is 25.9. The summed E-state index contributed by atoms with van der Waals surface area (Å²) in [5.74, 6) is -2.15. The lowest BCUT2D eigenvalue weighted by molar-refractivity contribution is -0.136. The zero-order chi connectivity index (χ0) is 31.6. The topological polar surface area (TPSA) is 182 Å². The molecule has 14 nitrogen and oxygen atoms in total. The molecule has 2 saturated heterocycles. The van der Waals surface area contributed by atoms with Crippen LogP contribution >= 0.6 is 11.9 Å². The van der Waals surface area contributed by atoms with Crippen LogP contribution in [0.15, 0.2) is 18.2 Å². The second kappa shape index (κ2) is 16.0. The third-order valence-electron chi connectivity index (χ3n) is 6.50. The molecule has 5 N–H and O–H groups in total. The number of hydrogen-bond donors (Lipinski definition) is 4. The molecule has 238 valence electrons. The van der Waals surface area contributed by atoms with Crippen molar-refractivity contribution in [3.8, 4) is 0 Å². The van der Waals surface area contributed by atoms with Crippen molar-refractivity contribution in [2.75, 3.05) is 65.0 Å². The fourth-order valence-corrected chi connectivity index (χ4v) is 5.47. The van der Waals surface area contributed by atoms with Crippen LogP contribution in [0.25, 0.3) is 0 Å². The summed E-state index contributed by atoms with van der Waals surface area (Å²) >= 11 is 1.59. The Bertz CT molecular complexity index is 1170. The van der Waals surface area contributed by atoms with Crippen molar-refractivity contribution in [1.29, 1.82) is 0 Å². The lowest BCUT2D eigenvalue weighted by atomic mass is 10.0. The number of carbonyl (C=O) groups is 5. The molecule has 1 unspecified atom stereocenters. The first-order valence-corrected chi connectivity index (χ1v) is 15.1. The second-order valence-corrected chi connectivity index (χ2v) is 12.0. The Hall–Kier alpha value is -3.24. The van der Waals surface area contributed by atoms with Gasteiger partial charge in [-0.25, -0.2) is 4.79 Å². The number of likely N-dealkylation sites (tertiary alicyclic amines) is 1. The van der Waals surface area contributed by atoms with Gasteiger partial charge in [-0.1, -0.05) is 18.0 Å². The summed E-state index contributed by atoms with van der Waals surface area (Å²) in [4.78, 5) is 64.3. The van der Waals surface area contributed by atoms with E-state index in [0.29, 0.717) is 63.5 Å². The van der Waals surface area contributed by atoms with Gasteiger partial charge in [-0.2, -0.15) is 0 Å². The lowest BCUT2D eigenvalue weighted by Crippen LogP contribution is -2.54. The van der Waals surface area contributed by atoms with E-state index in [1.165, 1.54) is 7.05 Å². The van der Waals surface area contributed by atoms with Crippen LogP contribution in [0.5, 0.6) is 0 Å². The van der Waals surface area contributed by atoms with Crippen LogP contribution in [-0.4, -0.2) is 116 Å². The molecule has 0 saturated carbocycles. The van der Waals surface area contributed by atoms with Gasteiger partial charge in [0.05, 0.1) is 42.8 Å². The van der Waals surface area contributed by atoms with Crippen LogP contribution in [0.4, 0.5) is 10.5 Å². The predicted octanol–water partition coefficient (Wildman–Crippen LogP) is 0.965. The van der Waals surface area contributed by atoms with Gasteiger partial charge in [-0.15, -0.1) is 0 Å². The van der Waals surface area contributed by atoms with Crippen LogP contribution in [0.2, 0.25) is 0 Å². The average molecular weight is 623 g/mol. The minimum Gasteiger partial charge on any atom is -0.444 e. The highest BCUT2D eigenvalue weighted by Crippen LogP contribution is 2.32. The van der Waals surface area contributed by atoms with Crippen LogP contribution < -0.4 is 21.1 Å². The molecule has 0 aromatic heterocycles. The predicted molar refractivity (Wildman–Crippen MR) is 161 cm³/mol. The van der Waals surface area contributed by atoms with Gasteiger partial charge in [0.2, 0.25) is 11.8 Å². The van der Waals surface area contributed by atoms with Crippen LogP contribution in [0.1, 0.15) is 54.3 Å². The summed E-state index contributed by atoms with van der Waals surface area (Å²) in [5, 5.41) is 5.66. The van der Waals surface area contributed by atoms with E-state index >= 15 is 0 Å². The van der Waals surface area contributed by atoms with Crippen molar-refractivity contribution >= 4 is 47.4 Å². The number of carbonyl (C=O) groups excluding carboxylic acids is 5. The number of hydrogen-bond acceptors (Lipinski definition) is 12. The molecule has 43 heavy (non-hydrogen) atoms. The molecule has 1 atom stereocenters. The summed E-state index contributed by atoms with van der Waals surface area (Å²) in [7, 11) is 1.50. The highest BCUT2D eigenvalue weighted by molar-refractivity contribution is 7.98. The number of amides is 5. The van der Waals surface area contributed by atoms with Crippen molar-refractivity contribution in [2.24, 2.45) is 5.73 Å². The van der Waals surface area contributed by atoms with E-state index in [-0.39, 0.29) is 30.1 Å². The summed E-state index contributed by atoms with van der Waals surface area (Å²) in [6.45, 7) is 9.63. The van der Waals surface area contributed by atoms with Gasteiger partial charge in [0.25, 0.3) is 11.8 Å². The number of ether oxygens (including phenoxy) is 3. The largest absolute Gasteiger partial charge is 0.444 e. The molecule has 3 aliphatic rings. The van der Waals surface area contributed by atoms with Crippen LogP contribution in [0, 0.1) is 0 Å². The number of nitrogens with zero attached hydrogens (tertiary/aromatic N) is 2. The SMILES string of the molecule is CC(C)(C)OC(=O)N1CC(SNCCOCCOCCNc2cccc3c2C(=O)N(C2CCC(=O)NC2=O)C3=O)C1.CN. The standard InChI is InChI=1S/C27H37N5O8S.CH5N/c1-27(2,3)40-26(37)31-15-17(16-31)41-29-10-12-39-14-13-38-11-9-28-19-6-4-5-18-22(19)25(36)32(24(18)35)20-7-8-21(33)30-23(20)34;1-2/h4-6,17,20,28-29H,7-16H2,1-3H3,(H,30,33,34);2H2,1H3. The monoisotopic (exact) mass is 622 g/mol. The van der Waals surface area contributed by atoms with Gasteiger partial charge < -0.3 is 30.2 Å². The van der Waals surface area contributed by atoms with Crippen molar-refractivity contribution in [3.05, 3.63) is 29.3 Å². The summed E-state index contributed by atoms with van der Waals surface area (Å²) < 4.78 is 19.8. The molecule has 4 rings (SSSR count). The number of piperidine rings is 1. The Kier molecular flexibility index (Phi) is 12.7. The van der Waals surface area contributed by atoms with Crippen LogP contribution in [0.3, 0.4) is 0 Å². The van der Waals surface area contributed by atoms with Gasteiger partial charge in [0.15, 0.2) is 0 Å². The first kappa shape index (κ1) is 34.3. The minimum absolute atomic E-state index is 0.0716. The normalized spacial score (nSPS) is 18.5. The Morgan fingerprint density at radius 1 is 1.02 bits per heavy atom. The first-order valence-electron chi connectivity index (χ1n) is 14.2. The van der Waals surface area contributed by atoms with Crippen molar-refractivity contribution in [3.63, 3.8) is 0 Å². The Labute approximate surface area is 255 Å². The smallest absolute Gasteiger partial charge is 0.410 e. The van der Waals surface area contributed by atoms with Crippen molar-refractivity contribution in [1.82, 2.24) is 19.8 Å². The molecule has 2 fully saturated rings. The molecule has 1 aromatic carbocycles. The van der Waals surface area contributed by atoms with E-state index in [1.54, 1.807) is 35.0 Å². The second-order valence-electron chi connectivity index (χ2n) is 10.8. The molecule has 0 spiro atoms. The number of benzene rings is 1. The Morgan fingerprint density at radius 2 is 1.70 bits per heavy atom. The number of nitrogens with two attached hydrogens (primary N) is 1. The van der Waals surface area contributed by atoms with Gasteiger partial charge in [0.1, 0.15) is 11.6 Å². The van der Waals surface area contributed by atoms with Gasteiger partial charge in [-0.05, 0) is 46.4 Å². The third kappa shape index (κ3) is 9.37. The van der Waals surface area contributed by atoms with Gasteiger partial charge in [-0.3, -0.25) is 34.1 Å². The number of nitrogens with one attached hydrogen (secondary N) is 3. The fourth-order valence-electron chi connectivity index (χ4n) is 4.52. The molecule has 0 radical (unpaired) electrons. The molecule has 5 amide bonds. The molecular weight excluding hydrogens is 580 g/mol. The third-order valence-corrected chi connectivity index (χ3v) is 7.50. The fraction of sp³-hybridized carbons (Fsp3) is 0.607. The minimum atomic E-state index is -1.00. The van der Waals surface area contributed by atoms with E-state index in [4.69, 9.17) is 14.2 Å². The molecule has 3 heterocycles. The van der Waals surface area contributed by atoms with Crippen molar-refractivity contribution in [2.45, 2.75) is 50.5 Å². The number of anilines is 1. The zero-order valence-electron chi connectivity index (χ0n) is 25.1. The molecule has 3 aliphatic heterocycles. The van der Waals surface area contributed by atoms with E-state index < -0.39 is 35.3 Å². The highest BCUT2D eigenvalue weighted by Gasteiger charge is 2.45. The van der Waals surface area contributed by atoms with E-state index in [9.17, 15) is 24.0 Å². The quantitative estimate of drug-likeness (QED) is 0.139. The van der Waals surface area contributed by atoms with Gasteiger partial charge in [0, 0.05) is 38.3 Å². The average Bonchev–Trinajstić information content (AvgIpc) is 3.18. The highest BCUT2D eigenvalue weighted by atomic mass is 32.2. The Morgan fingerprint density at radius 3 is 2.35 bits per heavy atom. The van der Waals surface area contributed by atoms with E-state index in [2.05, 4.69) is 21.1 Å². The van der Waals surface area contributed by atoms with E-state index in [1.807, 2.05) is 20.8 Å². The Balaban J connectivity index is 0.00000248. The summed E-state index contributed by atoms with van der Waals surface area (Å²) in [6, 6.07) is 3.92. The maximum atomic E-state index is 13.1. The first-order chi connectivity index (χ1) is 20.5. The number of fused-ring (bicyclic) bond motifs is 1. The number of imide groups is 2. The van der Waals surface area contributed by atoms with Gasteiger partial charge >= 0.3 is 6.09 Å².